The van der Waals surface area contributed by atoms with Crippen molar-refractivity contribution in [2.45, 2.75) is 32.7 Å². The number of rotatable bonds is 5. The van der Waals surface area contributed by atoms with Gasteiger partial charge in [0.25, 0.3) is 5.91 Å². The van der Waals surface area contributed by atoms with Crippen molar-refractivity contribution in [2.24, 2.45) is 5.92 Å². The van der Waals surface area contributed by atoms with Gasteiger partial charge < -0.3 is 15.4 Å². The molecular weight excluding hydrogens is 252 g/mol. The van der Waals surface area contributed by atoms with Crippen molar-refractivity contribution in [1.82, 2.24) is 10.6 Å². The van der Waals surface area contributed by atoms with E-state index in [-0.39, 0.29) is 18.6 Å². The molecule has 110 valence electrons. The van der Waals surface area contributed by atoms with Crippen LogP contribution in [0.15, 0.2) is 24.3 Å². The van der Waals surface area contributed by atoms with E-state index < -0.39 is 0 Å². The number of benzene rings is 1. The first-order valence-corrected chi connectivity index (χ1v) is 7.41. The van der Waals surface area contributed by atoms with E-state index in [1.54, 1.807) is 0 Å². The summed E-state index contributed by atoms with van der Waals surface area (Å²) < 4.78 is 5.63. The number of piperidine rings is 1. The Morgan fingerprint density at radius 2 is 2.25 bits per heavy atom. The van der Waals surface area contributed by atoms with Crippen molar-refractivity contribution in [3.63, 3.8) is 0 Å². The zero-order chi connectivity index (χ0) is 14.4. The molecule has 4 heteroatoms. The van der Waals surface area contributed by atoms with Crippen LogP contribution < -0.4 is 15.4 Å². The molecule has 0 radical (unpaired) electrons. The first-order chi connectivity index (χ1) is 9.70. The Morgan fingerprint density at radius 1 is 1.45 bits per heavy atom. The molecular formula is C16H24N2O2. The maximum absolute atomic E-state index is 12.0. The largest absolute Gasteiger partial charge is 0.483 e. The van der Waals surface area contributed by atoms with Gasteiger partial charge in [-0.25, -0.2) is 0 Å². The number of hydrogen-bond donors (Lipinski definition) is 2. The van der Waals surface area contributed by atoms with Crippen LogP contribution in [0.4, 0.5) is 0 Å². The van der Waals surface area contributed by atoms with Crippen molar-refractivity contribution >= 4 is 5.91 Å². The number of para-hydroxylation sites is 1. The Morgan fingerprint density at radius 3 is 3.00 bits per heavy atom. The fourth-order valence-corrected chi connectivity index (χ4v) is 2.51. The summed E-state index contributed by atoms with van der Waals surface area (Å²) >= 11 is 0. The summed E-state index contributed by atoms with van der Waals surface area (Å²) in [5, 5.41) is 6.36. The van der Waals surface area contributed by atoms with Crippen LogP contribution in [0.1, 0.15) is 25.8 Å². The maximum atomic E-state index is 12.0. The van der Waals surface area contributed by atoms with E-state index in [2.05, 4.69) is 24.5 Å². The lowest BCUT2D eigenvalue weighted by molar-refractivity contribution is -0.124. The van der Waals surface area contributed by atoms with Gasteiger partial charge in [0, 0.05) is 12.6 Å². The Balaban J connectivity index is 1.82. The van der Waals surface area contributed by atoms with Crippen molar-refractivity contribution in [3.05, 3.63) is 29.8 Å². The summed E-state index contributed by atoms with van der Waals surface area (Å²) in [6.45, 7) is 6.23. The number of nitrogens with one attached hydrogen (secondary N) is 2. The molecule has 1 aromatic rings. The lowest BCUT2D eigenvalue weighted by Gasteiger charge is -2.30. The van der Waals surface area contributed by atoms with Crippen LogP contribution in [0.25, 0.3) is 0 Å². The van der Waals surface area contributed by atoms with E-state index in [1.807, 2.05) is 24.3 Å². The Kier molecular flexibility index (Phi) is 5.41. The van der Waals surface area contributed by atoms with Crippen LogP contribution in [-0.2, 0) is 11.2 Å². The molecule has 0 saturated carbocycles. The van der Waals surface area contributed by atoms with E-state index in [1.165, 1.54) is 0 Å². The fraction of sp³-hybridized carbons (Fsp3) is 0.562. The maximum Gasteiger partial charge on any atom is 0.258 e. The summed E-state index contributed by atoms with van der Waals surface area (Å²) in [5.41, 5.74) is 1.13. The van der Waals surface area contributed by atoms with Crippen molar-refractivity contribution in [2.75, 3.05) is 19.7 Å². The Hall–Kier alpha value is -1.55. The molecule has 1 fully saturated rings. The summed E-state index contributed by atoms with van der Waals surface area (Å²) in [6.07, 6.45) is 2.01. The molecule has 1 aromatic carbocycles. The van der Waals surface area contributed by atoms with Crippen LogP contribution in [-0.4, -0.2) is 31.6 Å². The molecule has 1 heterocycles. The number of hydrogen-bond acceptors (Lipinski definition) is 3. The fourth-order valence-electron chi connectivity index (χ4n) is 2.51. The van der Waals surface area contributed by atoms with Gasteiger partial charge in [-0.1, -0.05) is 32.0 Å². The molecule has 2 rings (SSSR count). The summed E-state index contributed by atoms with van der Waals surface area (Å²) in [7, 11) is 0. The predicted octanol–water partition coefficient (Wildman–Crippen LogP) is 1.74. The zero-order valence-corrected chi connectivity index (χ0v) is 12.3. The molecule has 2 unspecified atom stereocenters. The highest BCUT2D eigenvalue weighted by atomic mass is 16.5. The Labute approximate surface area is 120 Å². The number of amides is 1. The van der Waals surface area contributed by atoms with E-state index >= 15 is 0 Å². The van der Waals surface area contributed by atoms with Crippen LogP contribution in [0.5, 0.6) is 5.75 Å². The van der Waals surface area contributed by atoms with E-state index in [9.17, 15) is 4.79 Å². The monoisotopic (exact) mass is 276 g/mol. The van der Waals surface area contributed by atoms with Gasteiger partial charge in [0.05, 0.1) is 0 Å². The van der Waals surface area contributed by atoms with Crippen LogP contribution >= 0.6 is 0 Å². The van der Waals surface area contributed by atoms with Gasteiger partial charge in [-0.05, 0) is 36.9 Å². The molecule has 4 nitrogen and oxygen atoms in total. The quantitative estimate of drug-likeness (QED) is 0.861. The molecule has 2 atom stereocenters. The molecule has 0 bridgehead atoms. The highest BCUT2D eigenvalue weighted by Gasteiger charge is 2.22. The molecule has 20 heavy (non-hydrogen) atoms. The predicted molar refractivity (Wildman–Crippen MR) is 79.9 cm³/mol. The molecule has 1 saturated heterocycles. The molecule has 2 N–H and O–H groups in total. The molecule has 1 aliphatic rings. The second kappa shape index (κ2) is 7.29. The van der Waals surface area contributed by atoms with Crippen molar-refractivity contribution in [1.29, 1.82) is 0 Å². The zero-order valence-electron chi connectivity index (χ0n) is 12.3. The van der Waals surface area contributed by atoms with Gasteiger partial charge >= 0.3 is 0 Å². The van der Waals surface area contributed by atoms with Crippen LogP contribution in [0.3, 0.4) is 0 Å². The van der Waals surface area contributed by atoms with E-state index in [4.69, 9.17) is 4.74 Å². The average molecular weight is 276 g/mol. The first-order valence-electron chi connectivity index (χ1n) is 7.41. The third-order valence-electron chi connectivity index (χ3n) is 3.89. The van der Waals surface area contributed by atoms with Gasteiger partial charge in [-0.2, -0.15) is 0 Å². The van der Waals surface area contributed by atoms with E-state index in [0.29, 0.717) is 5.92 Å². The van der Waals surface area contributed by atoms with E-state index in [0.717, 1.165) is 37.2 Å². The molecule has 0 spiro atoms. The molecule has 1 aliphatic heterocycles. The number of carbonyl (C=O) groups is 1. The molecule has 0 aliphatic carbocycles. The van der Waals surface area contributed by atoms with Gasteiger partial charge in [-0.3, -0.25) is 4.79 Å². The number of carbonyl (C=O) groups excluding carboxylic acids is 1. The van der Waals surface area contributed by atoms with Crippen molar-refractivity contribution < 1.29 is 9.53 Å². The molecule has 1 amide bonds. The van der Waals surface area contributed by atoms with Gasteiger partial charge in [0.2, 0.25) is 0 Å². The normalized spacial score (nSPS) is 22.3. The van der Waals surface area contributed by atoms with Gasteiger partial charge in [0.15, 0.2) is 6.61 Å². The van der Waals surface area contributed by atoms with Crippen LogP contribution in [0.2, 0.25) is 0 Å². The minimum atomic E-state index is -0.0449. The minimum absolute atomic E-state index is 0.0449. The highest BCUT2D eigenvalue weighted by Crippen LogP contribution is 2.18. The SMILES string of the molecule is CCc1ccccc1OCC(=O)NC1CNCCC1C. The topological polar surface area (TPSA) is 50.4 Å². The minimum Gasteiger partial charge on any atom is -0.483 e. The van der Waals surface area contributed by atoms with Gasteiger partial charge in [-0.15, -0.1) is 0 Å². The van der Waals surface area contributed by atoms with Gasteiger partial charge in [0.1, 0.15) is 5.75 Å². The third-order valence-corrected chi connectivity index (χ3v) is 3.89. The smallest absolute Gasteiger partial charge is 0.258 e. The van der Waals surface area contributed by atoms with Crippen LogP contribution in [0, 0.1) is 5.92 Å². The number of ether oxygens (including phenoxy) is 1. The summed E-state index contributed by atoms with van der Waals surface area (Å²) in [4.78, 5) is 12.0. The second-order valence-corrected chi connectivity index (χ2v) is 5.39. The molecule has 0 aromatic heterocycles. The first kappa shape index (κ1) is 14.9. The lowest BCUT2D eigenvalue weighted by Crippen LogP contribution is -2.51. The summed E-state index contributed by atoms with van der Waals surface area (Å²) in [6, 6.07) is 8.07. The Bertz CT molecular complexity index is 448. The van der Waals surface area contributed by atoms with Crippen molar-refractivity contribution in [3.8, 4) is 5.75 Å². The third kappa shape index (κ3) is 3.97. The lowest BCUT2D eigenvalue weighted by atomic mass is 9.95. The average Bonchev–Trinajstić information content (AvgIpc) is 2.48. The highest BCUT2D eigenvalue weighted by molar-refractivity contribution is 5.78. The number of aryl methyl sites for hydroxylation is 1. The standard InChI is InChI=1S/C16H24N2O2/c1-3-13-6-4-5-7-15(13)20-11-16(19)18-14-10-17-9-8-12(14)2/h4-7,12,14,17H,3,8-11H2,1-2H3,(H,18,19). The summed E-state index contributed by atoms with van der Waals surface area (Å²) in [5.74, 6) is 1.28. The second-order valence-electron chi connectivity index (χ2n) is 5.39.